The van der Waals surface area contributed by atoms with E-state index >= 15 is 0 Å². The van der Waals surface area contributed by atoms with E-state index in [0.717, 1.165) is 22.4 Å². The summed E-state index contributed by atoms with van der Waals surface area (Å²) >= 11 is 0. The SMILES string of the molecule is Cc1ccc(C)c(C(=O)N[C@H]2CCN(c3ccc(C)c(C)c3)C2=O)c1. The van der Waals surface area contributed by atoms with Gasteiger partial charge in [-0.1, -0.05) is 23.8 Å². The molecule has 0 aliphatic carbocycles. The summed E-state index contributed by atoms with van der Waals surface area (Å²) in [4.78, 5) is 27.1. The monoisotopic (exact) mass is 336 g/mol. The van der Waals surface area contributed by atoms with Gasteiger partial charge in [-0.2, -0.15) is 0 Å². The van der Waals surface area contributed by atoms with E-state index in [1.54, 1.807) is 4.90 Å². The van der Waals surface area contributed by atoms with E-state index in [-0.39, 0.29) is 11.8 Å². The van der Waals surface area contributed by atoms with E-state index in [9.17, 15) is 9.59 Å². The molecule has 0 bridgehead atoms. The number of carbonyl (C=O) groups excluding carboxylic acids is 2. The Balaban J connectivity index is 1.74. The molecule has 1 N–H and O–H groups in total. The predicted molar refractivity (Wildman–Crippen MR) is 100 cm³/mol. The molecule has 0 spiro atoms. The summed E-state index contributed by atoms with van der Waals surface area (Å²) in [5, 5.41) is 2.91. The standard InChI is InChI=1S/C21H24N2O2/c1-13-5-6-15(3)18(11-13)20(24)22-19-9-10-23(21(19)25)17-8-7-14(2)16(4)12-17/h5-8,11-12,19H,9-10H2,1-4H3,(H,22,24)/t19-/m0/s1. The van der Waals surface area contributed by atoms with Crippen LogP contribution < -0.4 is 10.2 Å². The van der Waals surface area contributed by atoms with Crippen LogP contribution in [0.4, 0.5) is 5.69 Å². The highest BCUT2D eigenvalue weighted by atomic mass is 16.2. The van der Waals surface area contributed by atoms with Crippen molar-refractivity contribution in [3.8, 4) is 0 Å². The van der Waals surface area contributed by atoms with Crippen LogP contribution >= 0.6 is 0 Å². The second-order valence-electron chi connectivity index (χ2n) is 6.89. The van der Waals surface area contributed by atoms with Crippen molar-refractivity contribution in [2.75, 3.05) is 11.4 Å². The number of hydrogen-bond acceptors (Lipinski definition) is 2. The lowest BCUT2D eigenvalue weighted by Crippen LogP contribution is -2.41. The molecule has 2 amide bonds. The van der Waals surface area contributed by atoms with Crippen molar-refractivity contribution in [3.05, 3.63) is 64.2 Å². The zero-order valence-corrected chi connectivity index (χ0v) is 15.2. The average molecular weight is 336 g/mol. The van der Waals surface area contributed by atoms with Crippen molar-refractivity contribution in [1.82, 2.24) is 5.32 Å². The van der Waals surface area contributed by atoms with Crippen LogP contribution in [0.3, 0.4) is 0 Å². The number of nitrogens with zero attached hydrogens (tertiary/aromatic N) is 1. The second-order valence-corrected chi connectivity index (χ2v) is 6.89. The van der Waals surface area contributed by atoms with E-state index in [1.807, 2.05) is 57.2 Å². The van der Waals surface area contributed by atoms with Crippen LogP contribution in [0.5, 0.6) is 0 Å². The Hall–Kier alpha value is -2.62. The molecular formula is C21H24N2O2. The molecule has 25 heavy (non-hydrogen) atoms. The van der Waals surface area contributed by atoms with Crippen molar-refractivity contribution in [1.29, 1.82) is 0 Å². The molecule has 0 unspecified atom stereocenters. The molecule has 1 aliphatic heterocycles. The smallest absolute Gasteiger partial charge is 0.252 e. The molecular weight excluding hydrogens is 312 g/mol. The molecule has 1 aliphatic rings. The van der Waals surface area contributed by atoms with Gasteiger partial charge in [0.1, 0.15) is 6.04 Å². The first-order valence-corrected chi connectivity index (χ1v) is 8.63. The molecule has 1 fully saturated rings. The molecule has 0 radical (unpaired) electrons. The van der Waals surface area contributed by atoms with Crippen molar-refractivity contribution in [2.24, 2.45) is 0 Å². The van der Waals surface area contributed by atoms with Crippen LogP contribution in [-0.4, -0.2) is 24.4 Å². The number of rotatable bonds is 3. The third kappa shape index (κ3) is 3.43. The van der Waals surface area contributed by atoms with Gasteiger partial charge in [-0.3, -0.25) is 9.59 Å². The largest absolute Gasteiger partial charge is 0.340 e. The molecule has 1 heterocycles. The second kappa shape index (κ2) is 6.71. The lowest BCUT2D eigenvalue weighted by Gasteiger charge is -2.18. The number of nitrogens with one attached hydrogen (secondary N) is 1. The molecule has 4 heteroatoms. The summed E-state index contributed by atoms with van der Waals surface area (Å²) in [7, 11) is 0. The highest BCUT2D eigenvalue weighted by Gasteiger charge is 2.34. The quantitative estimate of drug-likeness (QED) is 0.933. The number of carbonyl (C=O) groups is 2. The molecule has 1 atom stereocenters. The summed E-state index contributed by atoms with van der Waals surface area (Å²) in [5.41, 5.74) is 5.85. The Morgan fingerprint density at radius 2 is 1.72 bits per heavy atom. The van der Waals surface area contributed by atoms with Crippen LogP contribution in [0, 0.1) is 27.7 Å². The first-order valence-electron chi connectivity index (χ1n) is 8.63. The summed E-state index contributed by atoms with van der Waals surface area (Å²) in [6.45, 7) is 8.58. The summed E-state index contributed by atoms with van der Waals surface area (Å²) in [6.07, 6.45) is 0.627. The van der Waals surface area contributed by atoms with Gasteiger partial charge in [-0.15, -0.1) is 0 Å². The minimum absolute atomic E-state index is 0.0399. The highest BCUT2D eigenvalue weighted by molar-refractivity contribution is 6.04. The van der Waals surface area contributed by atoms with Crippen molar-refractivity contribution in [2.45, 2.75) is 40.2 Å². The Bertz CT molecular complexity index is 842. The minimum Gasteiger partial charge on any atom is -0.340 e. The zero-order valence-electron chi connectivity index (χ0n) is 15.2. The van der Waals surface area contributed by atoms with E-state index in [1.165, 1.54) is 5.56 Å². The maximum atomic E-state index is 12.7. The zero-order chi connectivity index (χ0) is 18.1. The summed E-state index contributed by atoms with van der Waals surface area (Å²) < 4.78 is 0. The van der Waals surface area contributed by atoms with E-state index < -0.39 is 6.04 Å². The van der Waals surface area contributed by atoms with E-state index in [2.05, 4.69) is 12.2 Å². The van der Waals surface area contributed by atoms with Crippen LogP contribution in [0.1, 0.15) is 39.0 Å². The Labute approximate surface area is 148 Å². The van der Waals surface area contributed by atoms with Crippen LogP contribution in [0.25, 0.3) is 0 Å². The third-order valence-electron chi connectivity index (χ3n) is 4.95. The topological polar surface area (TPSA) is 49.4 Å². The van der Waals surface area contributed by atoms with Gasteiger partial charge in [0.15, 0.2) is 0 Å². The Morgan fingerprint density at radius 3 is 2.44 bits per heavy atom. The first-order chi connectivity index (χ1) is 11.9. The predicted octanol–water partition coefficient (Wildman–Crippen LogP) is 3.46. The fourth-order valence-corrected chi connectivity index (χ4v) is 3.18. The third-order valence-corrected chi connectivity index (χ3v) is 4.95. The lowest BCUT2D eigenvalue weighted by atomic mass is 10.0. The molecule has 2 aromatic carbocycles. The highest BCUT2D eigenvalue weighted by Crippen LogP contribution is 2.24. The molecule has 1 saturated heterocycles. The average Bonchev–Trinajstić information content (AvgIpc) is 2.93. The number of anilines is 1. The lowest BCUT2D eigenvalue weighted by molar-refractivity contribution is -0.118. The van der Waals surface area contributed by atoms with Gasteiger partial charge in [-0.05, 0) is 69.0 Å². The maximum Gasteiger partial charge on any atom is 0.252 e. The van der Waals surface area contributed by atoms with Gasteiger partial charge in [0.05, 0.1) is 0 Å². The number of benzene rings is 2. The molecule has 3 rings (SSSR count). The Morgan fingerprint density at radius 1 is 1.00 bits per heavy atom. The van der Waals surface area contributed by atoms with Gasteiger partial charge < -0.3 is 10.2 Å². The van der Waals surface area contributed by atoms with Crippen LogP contribution in [-0.2, 0) is 4.79 Å². The van der Waals surface area contributed by atoms with Gasteiger partial charge in [-0.25, -0.2) is 0 Å². The molecule has 2 aromatic rings. The Kier molecular flexibility index (Phi) is 4.62. The number of aryl methyl sites for hydroxylation is 4. The van der Waals surface area contributed by atoms with Crippen molar-refractivity contribution >= 4 is 17.5 Å². The number of amides is 2. The van der Waals surface area contributed by atoms with Gasteiger partial charge in [0.25, 0.3) is 5.91 Å². The van der Waals surface area contributed by atoms with Gasteiger partial charge in [0, 0.05) is 17.8 Å². The summed E-state index contributed by atoms with van der Waals surface area (Å²) in [5.74, 6) is -0.219. The van der Waals surface area contributed by atoms with Crippen LogP contribution in [0.15, 0.2) is 36.4 Å². The van der Waals surface area contributed by atoms with Crippen LogP contribution in [0.2, 0.25) is 0 Å². The molecule has 0 aromatic heterocycles. The van der Waals surface area contributed by atoms with Crippen molar-refractivity contribution < 1.29 is 9.59 Å². The van der Waals surface area contributed by atoms with E-state index in [4.69, 9.17) is 0 Å². The van der Waals surface area contributed by atoms with E-state index in [0.29, 0.717) is 18.5 Å². The summed E-state index contributed by atoms with van der Waals surface area (Å²) in [6, 6.07) is 11.3. The van der Waals surface area contributed by atoms with Gasteiger partial charge >= 0.3 is 0 Å². The maximum absolute atomic E-state index is 12.7. The van der Waals surface area contributed by atoms with Gasteiger partial charge in [0.2, 0.25) is 5.91 Å². The first kappa shape index (κ1) is 17.2. The molecule has 0 saturated carbocycles. The minimum atomic E-state index is -0.464. The fraction of sp³-hybridized carbons (Fsp3) is 0.333. The number of hydrogen-bond donors (Lipinski definition) is 1. The normalized spacial score (nSPS) is 17.0. The van der Waals surface area contributed by atoms with Crippen molar-refractivity contribution in [3.63, 3.8) is 0 Å². The molecule has 4 nitrogen and oxygen atoms in total. The molecule has 130 valence electrons. The fourth-order valence-electron chi connectivity index (χ4n) is 3.18.